The van der Waals surface area contributed by atoms with E-state index in [1.54, 1.807) is 31.2 Å². The molecule has 0 bridgehead atoms. The summed E-state index contributed by atoms with van der Waals surface area (Å²) in [6.45, 7) is 0.0660. The Morgan fingerprint density at radius 3 is 2.53 bits per heavy atom. The van der Waals surface area contributed by atoms with Gasteiger partial charge >= 0.3 is 12.3 Å². The van der Waals surface area contributed by atoms with E-state index in [1.165, 1.54) is 0 Å². The third-order valence-electron chi connectivity index (χ3n) is 2.38. The van der Waals surface area contributed by atoms with Crippen molar-refractivity contribution < 1.29 is 22.4 Å². The number of hydrogen-bond acceptors (Lipinski definition) is 2. The van der Waals surface area contributed by atoms with Crippen LogP contribution in [0.4, 0.5) is 23.2 Å². The predicted octanol–water partition coefficient (Wildman–Crippen LogP) is 2.42. The first-order chi connectivity index (χ1) is 8.83. The molecule has 1 aromatic rings. The number of nitrogens with one attached hydrogen (secondary N) is 2. The third kappa shape index (κ3) is 4.86. The van der Waals surface area contributed by atoms with Crippen molar-refractivity contribution in [1.29, 1.82) is 0 Å². The smallest absolute Gasteiger partial charge is 0.319 e. The maximum Gasteiger partial charge on any atom is 0.319 e. The fourth-order valence-electron chi connectivity index (χ4n) is 1.33. The second-order valence-corrected chi connectivity index (χ2v) is 4.03. The highest BCUT2D eigenvalue weighted by Crippen LogP contribution is 2.21. The lowest BCUT2D eigenvalue weighted by molar-refractivity contribution is -0.127. The van der Waals surface area contributed by atoms with Crippen molar-refractivity contribution in [1.82, 2.24) is 5.32 Å². The van der Waals surface area contributed by atoms with Crippen LogP contribution in [-0.4, -0.2) is 31.3 Å². The number of rotatable bonds is 6. The van der Waals surface area contributed by atoms with Crippen LogP contribution in [0, 0.1) is 6.92 Å². The van der Waals surface area contributed by atoms with Gasteiger partial charge in [0.2, 0.25) is 5.91 Å². The van der Waals surface area contributed by atoms with Crippen molar-refractivity contribution in [3.05, 3.63) is 29.8 Å². The van der Waals surface area contributed by atoms with Gasteiger partial charge in [-0.15, -0.1) is 0 Å². The average Bonchev–Trinajstić information content (AvgIpc) is 2.31. The number of amides is 1. The van der Waals surface area contributed by atoms with E-state index in [4.69, 9.17) is 0 Å². The van der Waals surface area contributed by atoms with E-state index in [0.717, 1.165) is 5.56 Å². The van der Waals surface area contributed by atoms with Gasteiger partial charge in [-0.1, -0.05) is 18.2 Å². The van der Waals surface area contributed by atoms with Crippen molar-refractivity contribution in [2.24, 2.45) is 0 Å². The van der Waals surface area contributed by atoms with Gasteiger partial charge in [0.25, 0.3) is 0 Å². The van der Waals surface area contributed by atoms with E-state index in [2.05, 4.69) is 5.32 Å². The molecule has 1 amide bonds. The van der Waals surface area contributed by atoms with Crippen LogP contribution in [-0.2, 0) is 4.79 Å². The SMILES string of the molecule is Cc1ccccc1NC(=O)CNCC(F)(F)C(F)F. The molecule has 19 heavy (non-hydrogen) atoms. The van der Waals surface area contributed by atoms with Crippen molar-refractivity contribution >= 4 is 11.6 Å². The van der Waals surface area contributed by atoms with Crippen LogP contribution in [0.25, 0.3) is 0 Å². The molecule has 1 rings (SSSR count). The summed E-state index contributed by atoms with van der Waals surface area (Å²) in [6, 6.07) is 6.92. The van der Waals surface area contributed by atoms with Crippen molar-refractivity contribution in [3.63, 3.8) is 0 Å². The van der Waals surface area contributed by atoms with E-state index in [9.17, 15) is 22.4 Å². The maximum absolute atomic E-state index is 12.5. The number of alkyl halides is 4. The largest absolute Gasteiger partial charge is 0.325 e. The van der Waals surface area contributed by atoms with Crippen molar-refractivity contribution in [2.75, 3.05) is 18.4 Å². The molecule has 0 aliphatic rings. The summed E-state index contributed by atoms with van der Waals surface area (Å²) in [4.78, 5) is 11.4. The molecule has 0 aromatic heterocycles. The predicted molar refractivity (Wildman–Crippen MR) is 63.6 cm³/mol. The highest BCUT2D eigenvalue weighted by atomic mass is 19.3. The van der Waals surface area contributed by atoms with E-state index >= 15 is 0 Å². The van der Waals surface area contributed by atoms with Gasteiger partial charge in [-0.05, 0) is 18.6 Å². The van der Waals surface area contributed by atoms with Crippen LogP contribution in [0.3, 0.4) is 0 Å². The van der Waals surface area contributed by atoms with E-state index < -0.39 is 31.3 Å². The zero-order valence-electron chi connectivity index (χ0n) is 10.2. The molecule has 0 atom stereocenters. The Hall–Kier alpha value is -1.63. The molecular formula is C12H14F4N2O. The third-order valence-corrected chi connectivity index (χ3v) is 2.38. The molecule has 0 aliphatic carbocycles. The molecule has 0 radical (unpaired) electrons. The molecule has 0 unspecified atom stereocenters. The van der Waals surface area contributed by atoms with Gasteiger partial charge < -0.3 is 10.6 Å². The summed E-state index contributed by atoms with van der Waals surface area (Å²) in [5.41, 5.74) is 1.36. The molecule has 1 aromatic carbocycles. The lowest BCUT2D eigenvalue weighted by Gasteiger charge is -2.15. The van der Waals surface area contributed by atoms with Gasteiger partial charge in [0.05, 0.1) is 13.1 Å². The molecule has 3 nitrogen and oxygen atoms in total. The molecule has 7 heteroatoms. The minimum Gasteiger partial charge on any atom is -0.325 e. The second-order valence-electron chi connectivity index (χ2n) is 4.03. The highest BCUT2D eigenvalue weighted by molar-refractivity contribution is 5.92. The summed E-state index contributed by atoms with van der Waals surface area (Å²) in [5.74, 6) is -4.71. The molecule has 0 fully saturated rings. The zero-order valence-corrected chi connectivity index (χ0v) is 10.2. The molecular weight excluding hydrogens is 264 g/mol. The van der Waals surface area contributed by atoms with Crippen LogP contribution < -0.4 is 10.6 Å². The summed E-state index contributed by atoms with van der Waals surface area (Å²) in [7, 11) is 0. The number of para-hydroxylation sites is 1. The number of carbonyl (C=O) groups is 1. The average molecular weight is 278 g/mol. The summed E-state index contributed by atoms with van der Waals surface area (Å²) in [6.07, 6.45) is -3.75. The number of benzene rings is 1. The first-order valence-electron chi connectivity index (χ1n) is 5.55. The van der Waals surface area contributed by atoms with Crippen molar-refractivity contribution in [3.8, 4) is 0 Å². The second kappa shape index (κ2) is 6.51. The number of anilines is 1. The van der Waals surface area contributed by atoms with Gasteiger partial charge in [0.1, 0.15) is 0 Å². The normalized spacial score (nSPS) is 11.7. The van der Waals surface area contributed by atoms with Gasteiger partial charge in [0, 0.05) is 5.69 Å². The summed E-state index contributed by atoms with van der Waals surface area (Å²) >= 11 is 0. The Balaban J connectivity index is 2.39. The van der Waals surface area contributed by atoms with Gasteiger partial charge in [-0.3, -0.25) is 4.79 Å². The molecule has 0 spiro atoms. The molecule has 2 N–H and O–H groups in total. The molecule has 0 aliphatic heterocycles. The van der Waals surface area contributed by atoms with Crippen LogP contribution in [0.1, 0.15) is 5.56 Å². The van der Waals surface area contributed by atoms with Gasteiger partial charge in [-0.25, -0.2) is 8.78 Å². The summed E-state index contributed by atoms with van der Waals surface area (Å²) < 4.78 is 48.8. The van der Waals surface area contributed by atoms with Crippen LogP contribution in [0.15, 0.2) is 24.3 Å². The van der Waals surface area contributed by atoms with Crippen molar-refractivity contribution in [2.45, 2.75) is 19.3 Å². The Bertz CT molecular complexity index is 437. The van der Waals surface area contributed by atoms with E-state index in [1.807, 2.05) is 5.32 Å². The maximum atomic E-state index is 12.5. The monoisotopic (exact) mass is 278 g/mol. The summed E-state index contributed by atoms with van der Waals surface area (Å²) in [5, 5.41) is 4.50. The first-order valence-corrected chi connectivity index (χ1v) is 5.55. The molecule has 0 saturated carbocycles. The highest BCUT2D eigenvalue weighted by Gasteiger charge is 2.40. The molecule has 106 valence electrons. The topological polar surface area (TPSA) is 41.1 Å². The van der Waals surface area contributed by atoms with E-state index in [0.29, 0.717) is 5.69 Å². The van der Waals surface area contributed by atoms with Crippen LogP contribution >= 0.6 is 0 Å². The lowest BCUT2D eigenvalue weighted by Crippen LogP contribution is -2.41. The number of carbonyl (C=O) groups excluding carboxylic acids is 1. The number of halogens is 4. The fourth-order valence-corrected chi connectivity index (χ4v) is 1.33. The van der Waals surface area contributed by atoms with Crippen LogP contribution in [0.5, 0.6) is 0 Å². The number of aryl methyl sites for hydroxylation is 1. The molecule has 0 heterocycles. The Kier molecular flexibility index (Phi) is 5.29. The molecule has 0 saturated heterocycles. The van der Waals surface area contributed by atoms with Gasteiger partial charge in [0.15, 0.2) is 0 Å². The first kappa shape index (κ1) is 15.4. The lowest BCUT2D eigenvalue weighted by atomic mass is 10.2. The van der Waals surface area contributed by atoms with Gasteiger partial charge in [-0.2, -0.15) is 8.78 Å². The van der Waals surface area contributed by atoms with E-state index in [-0.39, 0.29) is 0 Å². The fraction of sp³-hybridized carbons (Fsp3) is 0.417. The Morgan fingerprint density at radius 2 is 1.95 bits per heavy atom. The zero-order chi connectivity index (χ0) is 14.5. The number of hydrogen-bond donors (Lipinski definition) is 2. The minimum absolute atomic E-state index is 0.462. The standard InChI is InChI=1S/C12H14F4N2O/c1-8-4-2-3-5-9(8)18-10(19)6-17-7-12(15,16)11(13)14/h2-5,11,17H,6-7H2,1H3,(H,18,19). The van der Waals surface area contributed by atoms with Crippen LogP contribution in [0.2, 0.25) is 0 Å². The Labute approximate surface area is 108 Å². The minimum atomic E-state index is -4.14. The quantitative estimate of drug-likeness (QED) is 0.785. The Morgan fingerprint density at radius 1 is 1.32 bits per heavy atom.